The fraction of sp³-hybridized carbons (Fsp3) is 0.833. The first-order valence-electron chi connectivity index (χ1n) is 11.1. The van der Waals surface area contributed by atoms with Crippen molar-refractivity contribution in [2.45, 2.75) is 85.7 Å². The quantitative estimate of drug-likeness (QED) is 0.501. The van der Waals surface area contributed by atoms with Gasteiger partial charge in [-0.25, -0.2) is 0 Å². The Bertz CT molecular complexity index is 711. The zero-order valence-electron chi connectivity index (χ0n) is 18.2. The monoisotopic (exact) mass is 388 g/mol. The third-order valence-electron chi connectivity index (χ3n) is 9.05. The van der Waals surface area contributed by atoms with Gasteiger partial charge in [-0.3, -0.25) is 9.59 Å². The van der Waals surface area contributed by atoms with Gasteiger partial charge in [0.15, 0.2) is 0 Å². The molecular weight excluding hydrogens is 352 g/mol. The Balaban J connectivity index is 1.75. The molecular formula is C24H36O4. The molecule has 4 aliphatic rings. The molecule has 0 amide bonds. The van der Waals surface area contributed by atoms with Gasteiger partial charge in [-0.15, -0.1) is 0 Å². The van der Waals surface area contributed by atoms with Crippen molar-refractivity contribution in [2.24, 2.45) is 34.0 Å². The number of hydrogen-bond acceptors (Lipinski definition) is 4. The number of allylic oxidation sites excluding steroid dienone is 1. The van der Waals surface area contributed by atoms with Gasteiger partial charge in [-0.2, -0.15) is 0 Å². The fourth-order valence-electron chi connectivity index (χ4n) is 8.01. The van der Waals surface area contributed by atoms with Crippen LogP contribution in [-0.2, 0) is 19.1 Å². The molecule has 7 atom stereocenters. The molecule has 28 heavy (non-hydrogen) atoms. The molecule has 156 valence electrons. The largest absolute Gasteiger partial charge is 0.465 e. The lowest BCUT2D eigenvalue weighted by molar-refractivity contribution is -0.211. The Hall–Kier alpha value is -1.32. The van der Waals surface area contributed by atoms with Gasteiger partial charge in [0.25, 0.3) is 0 Å². The minimum Gasteiger partial charge on any atom is -0.465 e. The van der Waals surface area contributed by atoms with E-state index in [1.165, 1.54) is 38.2 Å². The summed E-state index contributed by atoms with van der Waals surface area (Å²) in [7, 11) is 0. The number of fused-ring (bicyclic) bond motifs is 3. The fourth-order valence-corrected chi connectivity index (χ4v) is 8.01. The van der Waals surface area contributed by atoms with Gasteiger partial charge in [-0.1, -0.05) is 31.9 Å². The summed E-state index contributed by atoms with van der Waals surface area (Å²) in [6.45, 7) is 10.6. The molecule has 0 heterocycles. The Labute approximate surface area is 169 Å². The van der Waals surface area contributed by atoms with E-state index >= 15 is 0 Å². The first-order valence-corrected chi connectivity index (χ1v) is 11.1. The standard InChI is InChI=1S/C24H36O4/c1-15-12-24-13-18(15)7-8-19(24)23(5)10-6-9-22(4,14-27-16(2)25)20(23)11-21(24)28-17(3)26/h12,18-21H,6-11,13-14H2,1-5H3/t18-,19-,20+,21-,22+,23-,24-/m0/s1. The predicted octanol–water partition coefficient (Wildman–Crippen LogP) is 5.06. The van der Waals surface area contributed by atoms with Crippen LogP contribution in [0.4, 0.5) is 0 Å². The van der Waals surface area contributed by atoms with Crippen molar-refractivity contribution in [1.29, 1.82) is 0 Å². The summed E-state index contributed by atoms with van der Waals surface area (Å²) in [5.74, 6) is 1.23. The van der Waals surface area contributed by atoms with Crippen LogP contribution in [0.3, 0.4) is 0 Å². The van der Waals surface area contributed by atoms with Crippen molar-refractivity contribution in [3.05, 3.63) is 11.6 Å². The maximum atomic E-state index is 12.0. The van der Waals surface area contributed by atoms with Gasteiger partial charge >= 0.3 is 11.9 Å². The summed E-state index contributed by atoms with van der Waals surface area (Å²) in [5.41, 5.74) is 1.66. The lowest BCUT2D eigenvalue weighted by atomic mass is 9.40. The highest BCUT2D eigenvalue weighted by molar-refractivity contribution is 5.66. The van der Waals surface area contributed by atoms with E-state index in [4.69, 9.17) is 9.47 Å². The van der Waals surface area contributed by atoms with E-state index in [1.54, 1.807) is 6.92 Å². The summed E-state index contributed by atoms with van der Waals surface area (Å²) in [6, 6.07) is 0. The summed E-state index contributed by atoms with van der Waals surface area (Å²) in [6.07, 6.45) is 10.4. The highest BCUT2D eigenvalue weighted by atomic mass is 16.5. The first kappa shape index (κ1) is 20.0. The molecule has 0 aromatic heterocycles. The second kappa shape index (κ2) is 6.60. The zero-order chi connectivity index (χ0) is 20.3. The van der Waals surface area contributed by atoms with Crippen molar-refractivity contribution in [3.8, 4) is 0 Å². The van der Waals surface area contributed by atoms with E-state index < -0.39 is 0 Å². The average molecular weight is 389 g/mol. The minimum absolute atomic E-state index is 0.00357. The van der Waals surface area contributed by atoms with Crippen LogP contribution in [0.1, 0.15) is 79.6 Å². The molecule has 3 fully saturated rings. The van der Waals surface area contributed by atoms with Crippen LogP contribution in [0.2, 0.25) is 0 Å². The van der Waals surface area contributed by atoms with Crippen molar-refractivity contribution in [1.82, 2.24) is 0 Å². The first-order chi connectivity index (χ1) is 13.1. The maximum absolute atomic E-state index is 12.0. The third-order valence-corrected chi connectivity index (χ3v) is 9.05. The average Bonchev–Trinajstić information content (AvgIpc) is 2.85. The maximum Gasteiger partial charge on any atom is 0.302 e. The van der Waals surface area contributed by atoms with Gasteiger partial charge in [0.2, 0.25) is 0 Å². The molecule has 0 unspecified atom stereocenters. The van der Waals surface area contributed by atoms with E-state index in [1.807, 2.05) is 0 Å². The predicted molar refractivity (Wildman–Crippen MR) is 107 cm³/mol. The zero-order valence-corrected chi connectivity index (χ0v) is 18.2. The van der Waals surface area contributed by atoms with Gasteiger partial charge in [0, 0.05) is 24.7 Å². The number of ether oxygens (including phenoxy) is 2. The Morgan fingerprint density at radius 1 is 1.11 bits per heavy atom. The van der Waals surface area contributed by atoms with Crippen LogP contribution in [0, 0.1) is 34.0 Å². The Morgan fingerprint density at radius 2 is 1.86 bits per heavy atom. The van der Waals surface area contributed by atoms with Crippen LogP contribution in [-0.4, -0.2) is 24.6 Å². The SMILES string of the molecule is CC(=O)OC[C@@]1(C)CCC[C@]2(C)[C@@H]1C[C@H](OC(C)=O)[C@]13C=C(C)[C@@H](CC[C@@H]21)C3. The topological polar surface area (TPSA) is 52.6 Å². The van der Waals surface area contributed by atoms with Crippen molar-refractivity contribution < 1.29 is 19.1 Å². The molecule has 0 aromatic carbocycles. The van der Waals surface area contributed by atoms with Crippen molar-refractivity contribution in [3.63, 3.8) is 0 Å². The van der Waals surface area contributed by atoms with Gasteiger partial charge < -0.3 is 9.47 Å². The van der Waals surface area contributed by atoms with E-state index in [2.05, 4.69) is 26.8 Å². The molecule has 0 N–H and O–H groups in total. The molecule has 0 aliphatic heterocycles. The van der Waals surface area contributed by atoms with E-state index in [-0.39, 0.29) is 34.3 Å². The number of hydrogen-bond donors (Lipinski definition) is 0. The molecule has 4 rings (SSSR count). The number of carbonyl (C=O) groups excluding carboxylic acids is 2. The highest BCUT2D eigenvalue weighted by Crippen LogP contribution is 2.71. The summed E-state index contributed by atoms with van der Waals surface area (Å²) < 4.78 is 11.6. The highest BCUT2D eigenvalue weighted by Gasteiger charge is 2.66. The number of esters is 2. The molecule has 0 aromatic rings. The van der Waals surface area contributed by atoms with E-state index in [0.29, 0.717) is 24.4 Å². The van der Waals surface area contributed by atoms with Gasteiger partial charge in [0.1, 0.15) is 6.10 Å². The molecule has 4 aliphatic carbocycles. The van der Waals surface area contributed by atoms with E-state index in [0.717, 1.165) is 19.3 Å². The van der Waals surface area contributed by atoms with Crippen LogP contribution >= 0.6 is 0 Å². The van der Waals surface area contributed by atoms with Crippen LogP contribution < -0.4 is 0 Å². The third kappa shape index (κ3) is 2.85. The number of rotatable bonds is 3. The summed E-state index contributed by atoms with van der Waals surface area (Å²) in [4.78, 5) is 23.6. The second-order valence-electron chi connectivity index (χ2n) is 10.7. The van der Waals surface area contributed by atoms with Crippen LogP contribution in [0.25, 0.3) is 0 Å². The smallest absolute Gasteiger partial charge is 0.302 e. The van der Waals surface area contributed by atoms with Crippen LogP contribution in [0.15, 0.2) is 11.6 Å². The molecule has 0 radical (unpaired) electrons. The Morgan fingerprint density at radius 3 is 2.54 bits per heavy atom. The van der Waals surface area contributed by atoms with Gasteiger partial charge in [-0.05, 0) is 68.6 Å². The summed E-state index contributed by atoms with van der Waals surface area (Å²) in [5, 5.41) is 0. The van der Waals surface area contributed by atoms with Gasteiger partial charge in [0.05, 0.1) is 6.61 Å². The lowest BCUT2D eigenvalue weighted by Crippen LogP contribution is -2.62. The molecule has 3 saturated carbocycles. The normalized spacial score (nSPS) is 46.8. The molecule has 1 spiro atoms. The van der Waals surface area contributed by atoms with E-state index in [9.17, 15) is 9.59 Å². The van der Waals surface area contributed by atoms with Crippen molar-refractivity contribution >= 4 is 11.9 Å². The summed E-state index contributed by atoms with van der Waals surface area (Å²) >= 11 is 0. The Kier molecular flexibility index (Phi) is 4.71. The molecule has 2 bridgehead atoms. The number of carbonyl (C=O) groups is 2. The lowest BCUT2D eigenvalue weighted by Gasteiger charge is -2.65. The molecule has 0 saturated heterocycles. The van der Waals surface area contributed by atoms with Crippen molar-refractivity contribution in [2.75, 3.05) is 6.61 Å². The second-order valence-corrected chi connectivity index (χ2v) is 10.7. The minimum atomic E-state index is -0.202. The molecule has 4 heteroatoms. The molecule has 4 nitrogen and oxygen atoms in total. The van der Waals surface area contributed by atoms with Crippen LogP contribution in [0.5, 0.6) is 0 Å².